The average Bonchev–Trinajstić information content (AvgIpc) is 3.62. The zero-order valence-electron chi connectivity index (χ0n) is 19.5. The molecule has 0 saturated heterocycles. The van der Waals surface area contributed by atoms with Crippen LogP contribution in [0.25, 0.3) is 11.1 Å². The maximum absolute atomic E-state index is 12.7. The van der Waals surface area contributed by atoms with E-state index in [0.29, 0.717) is 6.42 Å². The second-order valence-corrected chi connectivity index (χ2v) is 9.23. The van der Waals surface area contributed by atoms with Gasteiger partial charge in [-0.2, -0.15) is 0 Å². The molecule has 1 fully saturated rings. The van der Waals surface area contributed by atoms with Gasteiger partial charge in [-0.3, -0.25) is 4.79 Å². The number of carboxylic acid groups (broad SMARTS) is 1. The molecule has 2 aromatic rings. The third-order valence-corrected chi connectivity index (χ3v) is 6.68. The van der Waals surface area contributed by atoms with Crippen LogP contribution in [0.3, 0.4) is 0 Å². The minimum absolute atomic E-state index is 0.00522. The first-order chi connectivity index (χ1) is 16.5. The summed E-state index contributed by atoms with van der Waals surface area (Å²) < 4.78 is 5.62. The zero-order valence-corrected chi connectivity index (χ0v) is 19.5. The van der Waals surface area contributed by atoms with Crippen molar-refractivity contribution >= 4 is 18.0 Å². The van der Waals surface area contributed by atoms with Gasteiger partial charge in [0, 0.05) is 18.4 Å². The van der Waals surface area contributed by atoms with Crippen molar-refractivity contribution in [1.82, 2.24) is 10.6 Å². The Bertz CT molecular complexity index is 1000. The van der Waals surface area contributed by atoms with E-state index in [2.05, 4.69) is 34.9 Å². The van der Waals surface area contributed by atoms with E-state index in [1.807, 2.05) is 31.2 Å². The van der Waals surface area contributed by atoms with Gasteiger partial charge in [0.1, 0.15) is 12.6 Å². The number of fused-ring (bicyclic) bond motifs is 3. The maximum atomic E-state index is 12.7. The summed E-state index contributed by atoms with van der Waals surface area (Å²) in [5.74, 6) is -1.40. The molecular weight excluding hydrogens is 432 g/mol. The van der Waals surface area contributed by atoms with Gasteiger partial charge in [-0.25, -0.2) is 9.59 Å². The summed E-state index contributed by atoms with van der Waals surface area (Å²) in [6.07, 6.45) is 3.48. The third-order valence-electron chi connectivity index (χ3n) is 6.68. The molecule has 4 rings (SSSR count). The number of carbonyl (C=O) groups is 3. The van der Waals surface area contributed by atoms with E-state index in [0.717, 1.165) is 47.9 Å². The summed E-state index contributed by atoms with van der Waals surface area (Å²) in [7, 11) is 0. The maximum Gasteiger partial charge on any atom is 0.407 e. The fraction of sp³-hybridized carbons (Fsp3) is 0.444. The van der Waals surface area contributed by atoms with Crippen LogP contribution in [0.1, 0.15) is 62.5 Å². The molecule has 2 aliphatic carbocycles. The second-order valence-electron chi connectivity index (χ2n) is 9.23. The highest BCUT2D eigenvalue weighted by atomic mass is 16.5. The number of ether oxygens (including phenoxy) is 1. The Morgan fingerprint density at radius 2 is 1.62 bits per heavy atom. The van der Waals surface area contributed by atoms with Crippen LogP contribution in [0.2, 0.25) is 0 Å². The van der Waals surface area contributed by atoms with E-state index in [-0.39, 0.29) is 30.8 Å². The third kappa shape index (κ3) is 5.58. The van der Waals surface area contributed by atoms with E-state index in [9.17, 15) is 19.5 Å². The lowest BCUT2D eigenvalue weighted by Gasteiger charge is -2.21. The van der Waals surface area contributed by atoms with Gasteiger partial charge in [-0.15, -0.1) is 0 Å². The van der Waals surface area contributed by atoms with Crippen LogP contribution in [-0.2, 0) is 14.3 Å². The van der Waals surface area contributed by atoms with Crippen molar-refractivity contribution in [2.24, 2.45) is 5.92 Å². The van der Waals surface area contributed by atoms with Crippen molar-refractivity contribution in [3.63, 3.8) is 0 Å². The Balaban J connectivity index is 1.35. The second kappa shape index (κ2) is 10.7. The highest BCUT2D eigenvalue weighted by molar-refractivity contribution is 5.84. The monoisotopic (exact) mass is 464 g/mol. The van der Waals surface area contributed by atoms with Gasteiger partial charge in [-0.1, -0.05) is 68.3 Å². The smallest absolute Gasteiger partial charge is 0.407 e. The summed E-state index contributed by atoms with van der Waals surface area (Å²) >= 11 is 0. The molecule has 1 saturated carbocycles. The van der Waals surface area contributed by atoms with E-state index in [1.165, 1.54) is 0 Å². The molecule has 34 heavy (non-hydrogen) atoms. The van der Waals surface area contributed by atoms with Crippen LogP contribution in [-0.4, -0.2) is 41.8 Å². The lowest BCUT2D eigenvalue weighted by atomic mass is 9.98. The highest BCUT2D eigenvalue weighted by Crippen LogP contribution is 2.44. The average molecular weight is 465 g/mol. The van der Waals surface area contributed by atoms with Crippen molar-refractivity contribution in [2.45, 2.75) is 63.5 Å². The van der Waals surface area contributed by atoms with E-state index in [1.54, 1.807) is 0 Å². The molecule has 2 aromatic carbocycles. The van der Waals surface area contributed by atoms with Gasteiger partial charge in [0.15, 0.2) is 0 Å². The molecule has 2 atom stereocenters. The van der Waals surface area contributed by atoms with Crippen molar-refractivity contribution < 1.29 is 24.2 Å². The summed E-state index contributed by atoms with van der Waals surface area (Å²) in [5.41, 5.74) is 4.60. The van der Waals surface area contributed by atoms with Crippen LogP contribution in [0.4, 0.5) is 4.79 Å². The molecular formula is C27H32N2O5. The summed E-state index contributed by atoms with van der Waals surface area (Å²) in [5, 5.41) is 14.8. The molecule has 7 heteroatoms. The molecule has 3 N–H and O–H groups in total. The lowest BCUT2D eigenvalue weighted by molar-refractivity contribution is -0.142. The van der Waals surface area contributed by atoms with E-state index in [4.69, 9.17) is 4.74 Å². The number of amides is 2. The molecule has 0 radical (unpaired) electrons. The Morgan fingerprint density at radius 3 is 2.18 bits per heavy atom. The number of benzene rings is 2. The first kappa shape index (κ1) is 23.8. The number of unbranched alkanes of at least 4 members (excludes halogenated alkanes) is 1. The first-order valence-corrected chi connectivity index (χ1v) is 12.1. The molecule has 0 aliphatic heterocycles. The predicted molar refractivity (Wildman–Crippen MR) is 128 cm³/mol. The minimum atomic E-state index is -1.01. The topological polar surface area (TPSA) is 105 Å². The molecule has 0 bridgehead atoms. The van der Waals surface area contributed by atoms with Crippen LogP contribution < -0.4 is 10.6 Å². The van der Waals surface area contributed by atoms with Gasteiger partial charge in [-0.05, 0) is 47.4 Å². The van der Waals surface area contributed by atoms with Crippen molar-refractivity contribution in [3.8, 4) is 11.1 Å². The van der Waals surface area contributed by atoms with E-state index >= 15 is 0 Å². The quantitative estimate of drug-likeness (QED) is 0.456. The number of carboxylic acids is 1. The Labute approximate surface area is 199 Å². The largest absolute Gasteiger partial charge is 0.480 e. The van der Waals surface area contributed by atoms with Crippen LogP contribution in [0.5, 0.6) is 0 Å². The fourth-order valence-corrected chi connectivity index (χ4v) is 4.75. The minimum Gasteiger partial charge on any atom is -0.480 e. The molecule has 0 spiro atoms. The predicted octanol–water partition coefficient (Wildman–Crippen LogP) is 4.45. The summed E-state index contributed by atoms with van der Waals surface area (Å²) in [6.45, 7) is 2.24. The molecule has 180 valence electrons. The van der Waals surface area contributed by atoms with Gasteiger partial charge in [0.05, 0.1) is 0 Å². The first-order valence-electron chi connectivity index (χ1n) is 12.1. The number of carbonyl (C=O) groups excluding carboxylic acids is 2. The Morgan fingerprint density at radius 1 is 1.00 bits per heavy atom. The van der Waals surface area contributed by atoms with Gasteiger partial charge < -0.3 is 20.5 Å². The van der Waals surface area contributed by atoms with Crippen molar-refractivity contribution in [2.75, 3.05) is 6.61 Å². The highest BCUT2D eigenvalue weighted by Gasteiger charge is 2.37. The number of aliphatic carboxylic acids is 1. The van der Waals surface area contributed by atoms with Crippen LogP contribution in [0, 0.1) is 5.92 Å². The van der Waals surface area contributed by atoms with Gasteiger partial charge in [0.2, 0.25) is 5.91 Å². The van der Waals surface area contributed by atoms with E-state index < -0.39 is 24.1 Å². The molecule has 2 unspecified atom stereocenters. The standard InChI is InChI=1S/C27H32N2O5/c1-2-3-8-18(15-24(30)29-25(26(31)32)17-13-14-17)28-27(33)34-16-23-21-11-6-4-9-19(21)20-10-5-7-12-22(20)23/h4-7,9-12,17-18,23,25H,2-3,8,13-16H2,1H3,(H,28,33)(H,29,30)(H,31,32). The SMILES string of the molecule is CCCCC(CC(=O)NC(C(=O)O)C1CC1)NC(=O)OCC1c2ccccc2-c2ccccc21. The van der Waals surface area contributed by atoms with Crippen molar-refractivity contribution in [1.29, 1.82) is 0 Å². The fourth-order valence-electron chi connectivity index (χ4n) is 4.75. The normalized spacial score (nSPS) is 16.1. The molecule has 7 nitrogen and oxygen atoms in total. The Hall–Kier alpha value is -3.35. The van der Waals surface area contributed by atoms with Crippen LogP contribution in [0.15, 0.2) is 48.5 Å². The number of rotatable bonds is 11. The molecule has 0 heterocycles. The molecule has 0 aromatic heterocycles. The number of hydrogen-bond donors (Lipinski definition) is 3. The Kier molecular flexibility index (Phi) is 7.50. The molecule has 2 aliphatic rings. The number of nitrogens with one attached hydrogen (secondary N) is 2. The lowest BCUT2D eigenvalue weighted by Crippen LogP contribution is -2.46. The van der Waals surface area contributed by atoms with Gasteiger partial charge in [0.25, 0.3) is 0 Å². The summed E-state index contributed by atoms with van der Waals surface area (Å²) in [4.78, 5) is 36.6. The summed E-state index contributed by atoms with van der Waals surface area (Å²) in [6, 6.07) is 15.0. The number of alkyl carbamates (subject to hydrolysis) is 1. The zero-order chi connectivity index (χ0) is 24.1. The van der Waals surface area contributed by atoms with Crippen molar-refractivity contribution in [3.05, 3.63) is 59.7 Å². The molecule has 2 amide bonds. The van der Waals surface area contributed by atoms with Gasteiger partial charge >= 0.3 is 12.1 Å². The van der Waals surface area contributed by atoms with Crippen LogP contribution >= 0.6 is 0 Å². The number of hydrogen-bond acceptors (Lipinski definition) is 4.